The van der Waals surface area contributed by atoms with Gasteiger partial charge >= 0.3 is 21.1 Å². The Kier molecular flexibility index (Phi) is 8.85. The fourth-order valence-corrected chi connectivity index (χ4v) is 7.48. The van der Waals surface area contributed by atoms with Gasteiger partial charge in [0.25, 0.3) is 0 Å². The van der Waals surface area contributed by atoms with Crippen molar-refractivity contribution in [2.75, 3.05) is 0 Å². The molecule has 2 fully saturated rings. The van der Waals surface area contributed by atoms with Crippen molar-refractivity contribution in [1.82, 2.24) is 14.5 Å². The first-order valence-electron chi connectivity index (χ1n) is 16.4. The number of nitrogens with zero attached hydrogens (tertiary/aromatic N) is 3. The van der Waals surface area contributed by atoms with E-state index in [2.05, 4.69) is 88.4 Å². The molecule has 0 amide bonds. The van der Waals surface area contributed by atoms with Gasteiger partial charge in [0, 0.05) is 29.7 Å². The SMILES string of the molecule is [Pt+2].[c-]1c(Oc2cc(C3CCCCC3)ccn2)cccc1-c1[c-]c2c(cc1)c1ccccc1n2-c1cc(C2CCCCC2)ccn1. The zero-order valence-corrected chi connectivity index (χ0v) is 27.7. The summed E-state index contributed by atoms with van der Waals surface area (Å²) in [5, 5.41) is 2.38. The molecule has 2 aliphatic rings. The second-order valence-electron chi connectivity index (χ2n) is 12.6. The molecule has 4 nitrogen and oxygen atoms in total. The summed E-state index contributed by atoms with van der Waals surface area (Å²) in [6.07, 6.45) is 16.8. The number of hydrogen-bond acceptors (Lipinski definition) is 3. The van der Waals surface area contributed by atoms with Crippen LogP contribution in [0.4, 0.5) is 0 Å². The summed E-state index contributed by atoms with van der Waals surface area (Å²) < 4.78 is 8.55. The smallest absolute Gasteiger partial charge is 0.460 e. The topological polar surface area (TPSA) is 39.9 Å². The summed E-state index contributed by atoms with van der Waals surface area (Å²) in [4.78, 5) is 9.41. The zero-order valence-electron chi connectivity index (χ0n) is 25.5. The van der Waals surface area contributed by atoms with E-state index in [0.717, 1.165) is 28.0 Å². The maximum atomic E-state index is 6.28. The van der Waals surface area contributed by atoms with Gasteiger partial charge in [0.05, 0.1) is 0 Å². The minimum absolute atomic E-state index is 0. The van der Waals surface area contributed by atoms with Crippen molar-refractivity contribution in [2.45, 2.75) is 76.0 Å². The van der Waals surface area contributed by atoms with E-state index in [1.165, 1.54) is 86.1 Å². The van der Waals surface area contributed by atoms with Crippen LogP contribution in [0, 0.1) is 12.1 Å². The Morgan fingerprint density at radius 2 is 1.31 bits per heavy atom. The van der Waals surface area contributed by atoms with Crippen LogP contribution in [0.1, 0.15) is 87.2 Å². The first kappa shape index (κ1) is 29.9. The standard InChI is InChI=1S/C40H37N3O.Pt/c1-3-10-28(11-4-1)32-20-22-41-39(26-32)43-37-17-8-7-16-35(37)36-19-18-31(25-38(36)43)30-14-9-15-34(24-30)44-40-27-33(21-23-42-40)29-12-5-2-6-13-29;/h7-9,14-23,26-29H,1-6,10-13H2;/q-2;+2. The maximum Gasteiger partial charge on any atom is 2.00 e. The number of pyridine rings is 2. The molecule has 2 aliphatic carbocycles. The van der Waals surface area contributed by atoms with Crippen LogP contribution in [-0.2, 0) is 21.1 Å². The van der Waals surface area contributed by atoms with Crippen molar-refractivity contribution in [1.29, 1.82) is 0 Å². The van der Waals surface area contributed by atoms with Crippen LogP contribution in [0.3, 0.4) is 0 Å². The minimum Gasteiger partial charge on any atom is -0.460 e. The summed E-state index contributed by atoms with van der Waals surface area (Å²) in [6, 6.07) is 35.0. The van der Waals surface area contributed by atoms with E-state index in [1.54, 1.807) is 0 Å². The Labute approximate surface area is 280 Å². The van der Waals surface area contributed by atoms with Gasteiger partial charge in [0.2, 0.25) is 5.88 Å². The number of hydrogen-bond donors (Lipinski definition) is 0. The van der Waals surface area contributed by atoms with Crippen molar-refractivity contribution in [3.8, 4) is 28.6 Å². The first-order chi connectivity index (χ1) is 21.8. The first-order valence-corrected chi connectivity index (χ1v) is 16.4. The van der Waals surface area contributed by atoms with Gasteiger partial charge in [-0.2, -0.15) is 24.3 Å². The quantitative estimate of drug-likeness (QED) is 0.158. The van der Waals surface area contributed by atoms with E-state index < -0.39 is 0 Å². The zero-order chi connectivity index (χ0) is 29.3. The van der Waals surface area contributed by atoms with Crippen molar-refractivity contribution in [3.05, 3.63) is 115 Å². The second kappa shape index (κ2) is 13.3. The van der Waals surface area contributed by atoms with Crippen LogP contribution in [-0.4, -0.2) is 14.5 Å². The molecule has 0 atom stereocenters. The van der Waals surface area contributed by atoms with E-state index in [1.807, 2.05) is 24.5 Å². The fourth-order valence-electron chi connectivity index (χ4n) is 7.48. The Hall–Kier alpha value is -3.75. The van der Waals surface area contributed by atoms with Gasteiger partial charge in [-0.1, -0.05) is 62.1 Å². The van der Waals surface area contributed by atoms with Crippen LogP contribution in [0.25, 0.3) is 38.8 Å². The molecule has 8 rings (SSSR count). The van der Waals surface area contributed by atoms with Gasteiger partial charge in [-0.05, 0) is 83.8 Å². The number of rotatable bonds is 6. The third-order valence-electron chi connectivity index (χ3n) is 9.77. The van der Waals surface area contributed by atoms with Gasteiger partial charge in [0.15, 0.2) is 0 Å². The molecule has 0 aliphatic heterocycles. The van der Waals surface area contributed by atoms with E-state index in [-0.39, 0.29) is 21.1 Å². The van der Waals surface area contributed by atoms with E-state index >= 15 is 0 Å². The van der Waals surface area contributed by atoms with Crippen LogP contribution in [0.5, 0.6) is 11.6 Å². The van der Waals surface area contributed by atoms with Crippen LogP contribution in [0.2, 0.25) is 0 Å². The molecule has 6 aromatic rings. The fraction of sp³-hybridized carbons (Fsp3) is 0.300. The van der Waals surface area contributed by atoms with Gasteiger partial charge in [-0.15, -0.1) is 18.2 Å². The Morgan fingerprint density at radius 1 is 0.622 bits per heavy atom. The van der Waals surface area contributed by atoms with Gasteiger partial charge < -0.3 is 9.30 Å². The molecule has 0 saturated heterocycles. The predicted molar refractivity (Wildman–Crippen MR) is 178 cm³/mol. The molecular formula is C40H37N3OPt. The molecule has 3 aromatic carbocycles. The average molecular weight is 771 g/mol. The van der Waals surface area contributed by atoms with Gasteiger partial charge in [0.1, 0.15) is 5.82 Å². The largest absolute Gasteiger partial charge is 2.00 e. The summed E-state index contributed by atoms with van der Waals surface area (Å²) in [5.74, 6) is 3.47. The Morgan fingerprint density at radius 3 is 2.09 bits per heavy atom. The molecule has 0 radical (unpaired) electrons. The van der Waals surface area contributed by atoms with Crippen molar-refractivity contribution in [3.63, 3.8) is 0 Å². The second-order valence-corrected chi connectivity index (χ2v) is 12.6. The molecule has 0 spiro atoms. The van der Waals surface area contributed by atoms with Crippen LogP contribution < -0.4 is 4.74 Å². The molecule has 0 N–H and O–H groups in total. The molecule has 3 aromatic heterocycles. The van der Waals surface area contributed by atoms with Gasteiger partial charge in [-0.3, -0.25) is 0 Å². The summed E-state index contributed by atoms with van der Waals surface area (Å²) in [7, 11) is 0. The molecule has 0 unspecified atom stereocenters. The third kappa shape index (κ3) is 6.10. The summed E-state index contributed by atoms with van der Waals surface area (Å²) >= 11 is 0. The number of para-hydroxylation sites is 1. The summed E-state index contributed by atoms with van der Waals surface area (Å²) in [6.45, 7) is 0. The number of benzene rings is 3. The van der Waals surface area contributed by atoms with E-state index in [4.69, 9.17) is 9.72 Å². The molecule has 3 heterocycles. The Bertz CT molecular complexity index is 1930. The van der Waals surface area contributed by atoms with Crippen LogP contribution in [0.15, 0.2) is 91.3 Å². The molecule has 0 bridgehead atoms. The van der Waals surface area contributed by atoms with Crippen molar-refractivity contribution in [2.24, 2.45) is 0 Å². The molecule has 5 heteroatoms. The van der Waals surface area contributed by atoms with Crippen LogP contribution >= 0.6 is 0 Å². The molecule has 2 saturated carbocycles. The Balaban J connectivity index is 0.00000325. The maximum absolute atomic E-state index is 6.28. The monoisotopic (exact) mass is 770 g/mol. The normalized spacial score (nSPS) is 16.1. The van der Waals surface area contributed by atoms with Crippen molar-refractivity contribution < 1.29 is 25.8 Å². The molecule has 45 heavy (non-hydrogen) atoms. The number of ether oxygens (including phenoxy) is 1. The third-order valence-corrected chi connectivity index (χ3v) is 9.77. The van der Waals surface area contributed by atoms with Gasteiger partial charge in [-0.25, -0.2) is 21.1 Å². The molecule has 228 valence electrons. The average Bonchev–Trinajstić information content (AvgIpc) is 3.43. The summed E-state index contributed by atoms with van der Waals surface area (Å²) in [5.41, 5.74) is 6.82. The minimum atomic E-state index is 0. The molecular weight excluding hydrogens is 734 g/mol. The number of fused-ring (bicyclic) bond motifs is 3. The van der Waals surface area contributed by atoms with Crippen molar-refractivity contribution >= 4 is 21.8 Å². The number of aromatic nitrogens is 3. The van der Waals surface area contributed by atoms with E-state index in [9.17, 15) is 0 Å². The predicted octanol–water partition coefficient (Wildman–Crippen LogP) is 10.7. The van der Waals surface area contributed by atoms with E-state index in [0.29, 0.717) is 23.5 Å².